The molecule has 0 bridgehead atoms. The van der Waals surface area contributed by atoms with Crippen LogP contribution in [-0.2, 0) is 13.1 Å². The maximum atomic E-state index is 11.9. The van der Waals surface area contributed by atoms with Gasteiger partial charge in [0.05, 0.1) is 13.1 Å². The van der Waals surface area contributed by atoms with Gasteiger partial charge < -0.3 is 5.32 Å². The summed E-state index contributed by atoms with van der Waals surface area (Å²) in [6, 6.07) is 0. The molecule has 1 N–H and O–H groups in total. The summed E-state index contributed by atoms with van der Waals surface area (Å²) in [4.78, 5) is 4.03. The molecular formula is C10H17F3N4S. The van der Waals surface area contributed by atoms with Crippen LogP contribution in [0.15, 0.2) is 6.33 Å². The van der Waals surface area contributed by atoms with Crippen molar-refractivity contribution < 1.29 is 13.2 Å². The number of nitrogens with zero attached hydrogens (tertiary/aromatic N) is 3. The minimum atomic E-state index is -4.18. The van der Waals surface area contributed by atoms with E-state index < -0.39 is 5.51 Å². The van der Waals surface area contributed by atoms with Crippen molar-refractivity contribution in [3.05, 3.63) is 12.2 Å². The molecule has 0 aromatic carbocycles. The van der Waals surface area contributed by atoms with Gasteiger partial charge in [-0.05, 0) is 32.5 Å². The monoisotopic (exact) mass is 282 g/mol. The molecule has 18 heavy (non-hydrogen) atoms. The predicted octanol–water partition coefficient (Wildman–Crippen LogP) is 2.42. The topological polar surface area (TPSA) is 42.7 Å². The minimum absolute atomic E-state index is 0.0441. The number of nitrogens with one attached hydrogen (secondary N) is 1. The van der Waals surface area contributed by atoms with E-state index in [4.69, 9.17) is 0 Å². The van der Waals surface area contributed by atoms with Crippen LogP contribution in [0.4, 0.5) is 13.2 Å². The Bertz CT molecular complexity index is 370. The van der Waals surface area contributed by atoms with Gasteiger partial charge >= 0.3 is 5.51 Å². The van der Waals surface area contributed by atoms with Crippen LogP contribution in [0.25, 0.3) is 0 Å². The van der Waals surface area contributed by atoms with Crippen molar-refractivity contribution in [2.45, 2.75) is 44.9 Å². The highest BCUT2D eigenvalue weighted by Crippen LogP contribution is 2.29. The Morgan fingerprint density at radius 2 is 2.00 bits per heavy atom. The van der Waals surface area contributed by atoms with Gasteiger partial charge in [0, 0.05) is 11.3 Å². The van der Waals surface area contributed by atoms with E-state index >= 15 is 0 Å². The van der Waals surface area contributed by atoms with Crippen molar-refractivity contribution in [3.8, 4) is 0 Å². The van der Waals surface area contributed by atoms with Gasteiger partial charge in [0.15, 0.2) is 5.82 Å². The first kappa shape index (κ1) is 15.3. The number of halogens is 3. The van der Waals surface area contributed by atoms with Crippen LogP contribution in [0.3, 0.4) is 0 Å². The van der Waals surface area contributed by atoms with E-state index in [0.29, 0.717) is 12.4 Å². The molecule has 0 radical (unpaired) electrons. The SMILES string of the molecule is CC(C)(C)NCc1ncn(CCSC(F)(F)F)n1. The summed E-state index contributed by atoms with van der Waals surface area (Å²) in [5.74, 6) is 0.529. The number of aromatic nitrogens is 3. The number of alkyl halides is 3. The number of aryl methyl sites for hydroxylation is 1. The smallest absolute Gasteiger partial charge is 0.305 e. The standard InChI is InChI=1S/C10H17F3N4S/c1-9(2,3)15-6-8-14-7-17(16-8)4-5-18-10(11,12)13/h7,15H,4-6H2,1-3H3. The molecule has 0 spiro atoms. The minimum Gasteiger partial charge on any atom is -0.305 e. The molecule has 8 heteroatoms. The van der Waals surface area contributed by atoms with Gasteiger partial charge in [0.25, 0.3) is 0 Å². The first-order valence-corrected chi connectivity index (χ1v) is 6.48. The molecule has 0 saturated heterocycles. The van der Waals surface area contributed by atoms with Crippen LogP contribution >= 0.6 is 11.8 Å². The highest BCUT2D eigenvalue weighted by molar-refractivity contribution is 8.00. The lowest BCUT2D eigenvalue weighted by atomic mass is 10.1. The summed E-state index contributed by atoms with van der Waals surface area (Å²) < 4.78 is 37.2. The van der Waals surface area contributed by atoms with E-state index in [1.54, 1.807) is 0 Å². The number of hydrogen-bond acceptors (Lipinski definition) is 4. The third-order valence-corrected chi connectivity index (χ3v) is 2.66. The third kappa shape index (κ3) is 6.85. The molecular weight excluding hydrogens is 265 g/mol. The van der Waals surface area contributed by atoms with E-state index in [1.165, 1.54) is 11.0 Å². The lowest BCUT2D eigenvalue weighted by Crippen LogP contribution is -2.35. The van der Waals surface area contributed by atoms with E-state index in [-0.39, 0.29) is 29.6 Å². The van der Waals surface area contributed by atoms with Gasteiger partial charge in [-0.15, -0.1) is 0 Å². The fourth-order valence-electron chi connectivity index (χ4n) is 1.12. The van der Waals surface area contributed by atoms with E-state index in [9.17, 15) is 13.2 Å². The Morgan fingerprint density at radius 1 is 1.33 bits per heavy atom. The van der Waals surface area contributed by atoms with Crippen LogP contribution in [-0.4, -0.2) is 31.6 Å². The molecule has 1 heterocycles. The maximum absolute atomic E-state index is 11.9. The Hall–Kier alpha value is -0.760. The van der Waals surface area contributed by atoms with Gasteiger partial charge in [-0.1, -0.05) is 0 Å². The van der Waals surface area contributed by atoms with E-state index in [2.05, 4.69) is 15.4 Å². The zero-order valence-electron chi connectivity index (χ0n) is 10.6. The summed E-state index contributed by atoms with van der Waals surface area (Å²) in [6.45, 7) is 6.76. The molecule has 1 rings (SSSR count). The molecule has 0 fully saturated rings. The second-order valence-electron chi connectivity index (χ2n) is 4.82. The lowest BCUT2D eigenvalue weighted by molar-refractivity contribution is -0.0328. The van der Waals surface area contributed by atoms with Gasteiger partial charge in [-0.3, -0.25) is 4.68 Å². The average molecular weight is 282 g/mol. The summed E-state index contributed by atoms with van der Waals surface area (Å²) in [7, 11) is 0. The van der Waals surface area contributed by atoms with Gasteiger partial charge in [0.1, 0.15) is 6.33 Å². The van der Waals surface area contributed by atoms with Crippen molar-refractivity contribution in [3.63, 3.8) is 0 Å². The Labute approximate surface area is 108 Å². The van der Waals surface area contributed by atoms with E-state index in [1.807, 2.05) is 20.8 Å². The number of rotatable bonds is 5. The van der Waals surface area contributed by atoms with Crippen molar-refractivity contribution in [1.82, 2.24) is 20.1 Å². The summed E-state index contributed by atoms with van der Waals surface area (Å²) in [5.41, 5.74) is -4.23. The van der Waals surface area contributed by atoms with Crippen molar-refractivity contribution in [2.24, 2.45) is 0 Å². The molecule has 0 unspecified atom stereocenters. The quantitative estimate of drug-likeness (QED) is 0.900. The van der Waals surface area contributed by atoms with Crippen molar-refractivity contribution in [1.29, 1.82) is 0 Å². The number of thioether (sulfide) groups is 1. The molecule has 0 aliphatic heterocycles. The first-order valence-electron chi connectivity index (χ1n) is 5.50. The summed E-state index contributed by atoms with van der Waals surface area (Å²) in [5, 5.41) is 7.30. The number of hydrogen-bond donors (Lipinski definition) is 1. The Morgan fingerprint density at radius 3 is 2.56 bits per heavy atom. The molecule has 1 aromatic heterocycles. The second kappa shape index (κ2) is 5.92. The van der Waals surface area contributed by atoms with Gasteiger partial charge in [-0.2, -0.15) is 18.3 Å². The van der Waals surface area contributed by atoms with Crippen LogP contribution in [0.5, 0.6) is 0 Å². The highest BCUT2D eigenvalue weighted by atomic mass is 32.2. The van der Waals surface area contributed by atoms with Crippen LogP contribution in [0.2, 0.25) is 0 Å². The molecule has 0 aliphatic rings. The highest BCUT2D eigenvalue weighted by Gasteiger charge is 2.27. The summed E-state index contributed by atoms with van der Waals surface area (Å²) >= 11 is -0.0490. The summed E-state index contributed by atoms with van der Waals surface area (Å²) in [6.07, 6.45) is 1.45. The average Bonchev–Trinajstić information content (AvgIpc) is 2.60. The van der Waals surface area contributed by atoms with Crippen LogP contribution in [0.1, 0.15) is 26.6 Å². The predicted molar refractivity (Wildman–Crippen MR) is 65.1 cm³/mol. The van der Waals surface area contributed by atoms with Crippen LogP contribution < -0.4 is 5.32 Å². The van der Waals surface area contributed by atoms with Gasteiger partial charge in [0.2, 0.25) is 0 Å². The molecule has 0 saturated carbocycles. The normalized spacial score (nSPS) is 13.0. The molecule has 1 aromatic rings. The van der Waals surface area contributed by atoms with Crippen molar-refractivity contribution >= 4 is 11.8 Å². The van der Waals surface area contributed by atoms with Crippen LogP contribution in [0, 0.1) is 0 Å². The molecule has 0 atom stereocenters. The first-order chi connectivity index (χ1) is 8.16. The van der Waals surface area contributed by atoms with E-state index in [0.717, 1.165) is 0 Å². The fraction of sp³-hybridized carbons (Fsp3) is 0.800. The lowest BCUT2D eigenvalue weighted by Gasteiger charge is -2.19. The molecule has 0 aliphatic carbocycles. The maximum Gasteiger partial charge on any atom is 0.441 e. The molecule has 0 amide bonds. The second-order valence-corrected chi connectivity index (χ2v) is 5.98. The zero-order chi connectivity index (χ0) is 13.8. The third-order valence-electron chi connectivity index (χ3n) is 1.95. The van der Waals surface area contributed by atoms with Crippen molar-refractivity contribution in [2.75, 3.05) is 5.75 Å². The Kier molecular flexibility index (Phi) is 5.03. The zero-order valence-corrected chi connectivity index (χ0v) is 11.4. The van der Waals surface area contributed by atoms with Gasteiger partial charge in [-0.25, -0.2) is 4.98 Å². The Balaban J connectivity index is 2.35. The molecule has 104 valence electrons. The fourth-order valence-corrected chi connectivity index (χ4v) is 1.63. The molecule has 4 nitrogen and oxygen atoms in total. The largest absolute Gasteiger partial charge is 0.441 e.